The molecule has 1 heterocycles. The number of aryl methyl sites for hydroxylation is 1. The molecule has 2 N–H and O–H groups in total. The van der Waals surface area contributed by atoms with Crippen molar-refractivity contribution < 1.29 is 5.11 Å². The van der Waals surface area contributed by atoms with Crippen molar-refractivity contribution in [1.29, 1.82) is 0 Å². The Kier molecular flexibility index (Phi) is 3.56. The summed E-state index contributed by atoms with van der Waals surface area (Å²) in [6, 6.07) is 4.12. The summed E-state index contributed by atoms with van der Waals surface area (Å²) in [5.74, 6) is 0. The highest BCUT2D eigenvalue weighted by molar-refractivity contribution is 5.13. The molecule has 3 heteroatoms. The van der Waals surface area contributed by atoms with Crippen LogP contribution in [0.25, 0.3) is 0 Å². The Balaban J connectivity index is 1.93. The molecule has 0 saturated heterocycles. The lowest BCUT2D eigenvalue weighted by atomic mass is 9.98. The number of hydrogen-bond donors (Lipinski definition) is 2. The highest BCUT2D eigenvalue weighted by atomic mass is 16.3. The van der Waals surface area contributed by atoms with Gasteiger partial charge in [-0.1, -0.05) is 18.9 Å². The largest absolute Gasteiger partial charge is 0.394 e. The zero-order valence-corrected chi connectivity index (χ0v) is 9.87. The summed E-state index contributed by atoms with van der Waals surface area (Å²) in [5, 5.41) is 13.0. The van der Waals surface area contributed by atoms with Gasteiger partial charge in [-0.15, -0.1) is 0 Å². The molecule has 0 aromatic carbocycles. The Labute approximate surface area is 96.9 Å². The van der Waals surface area contributed by atoms with Crippen LogP contribution in [0.3, 0.4) is 0 Å². The fourth-order valence-corrected chi connectivity index (χ4v) is 2.34. The Morgan fingerprint density at radius 2 is 2.12 bits per heavy atom. The van der Waals surface area contributed by atoms with E-state index in [1.165, 1.54) is 18.4 Å². The Bertz CT molecular complexity index is 328. The average molecular weight is 220 g/mol. The zero-order valence-electron chi connectivity index (χ0n) is 9.87. The standard InChI is InChI=1S/C13H20N2O/c1-11-4-5-12(8-14-11)9-15-13(10-16)6-2-3-7-13/h4-5,8,15-16H,2-3,6-7,9-10H2,1H3. The molecule has 1 fully saturated rings. The molecule has 0 unspecified atom stereocenters. The van der Waals surface area contributed by atoms with Gasteiger partial charge in [0.15, 0.2) is 0 Å². The molecule has 2 rings (SSSR count). The average Bonchev–Trinajstić information content (AvgIpc) is 2.78. The molecule has 3 nitrogen and oxygen atoms in total. The molecule has 0 aliphatic heterocycles. The van der Waals surface area contributed by atoms with Gasteiger partial charge in [0.2, 0.25) is 0 Å². The van der Waals surface area contributed by atoms with Gasteiger partial charge in [-0.3, -0.25) is 4.98 Å². The number of aromatic nitrogens is 1. The minimum Gasteiger partial charge on any atom is -0.394 e. The van der Waals surface area contributed by atoms with Gasteiger partial charge >= 0.3 is 0 Å². The van der Waals surface area contributed by atoms with Crippen LogP contribution in [0, 0.1) is 6.92 Å². The molecule has 0 amide bonds. The third-order valence-corrected chi connectivity index (χ3v) is 3.50. The van der Waals surface area contributed by atoms with E-state index in [0.29, 0.717) is 0 Å². The number of nitrogens with one attached hydrogen (secondary N) is 1. The molecule has 1 saturated carbocycles. The normalized spacial score (nSPS) is 18.9. The first-order valence-corrected chi connectivity index (χ1v) is 6.02. The van der Waals surface area contributed by atoms with Crippen LogP contribution in [0.2, 0.25) is 0 Å². The summed E-state index contributed by atoms with van der Waals surface area (Å²) >= 11 is 0. The maximum absolute atomic E-state index is 9.46. The number of nitrogens with zero attached hydrogens (tertiary/aromatic N) is 1. The Morgan fingerprint density at radius 1 is 1.38 bits per heavy atom. The molecule has 0 radical (unpaired) electrons. The predicted molar refractivity (Wildman–Crippen MR) is 64.1 cm³/mol. The van der Waals surface area contributed by atoms with E-state index in [-0.39, 0.29) is 12.1 Å². The van der Waals surface area contributed by atoms with Crippen LogP contribution in [0.4, 0.5) is 0 Å². The maximum Gasteiger partial charge on any atom is 0.0613 e. The molecule has 0 bridgehead atoms. The fourth-order valence-electron chi connectivity index (χ4n) is 2.34. The fraction of sp³-hybridized carbons (Fsp3) is 0.615. The van der Waals surface area contributed by atoms with E-state index < -0.39 is 0 Å². The van der Waals surface area contributed by atoms with Crippen molar-refractivity contribution in [2.24, 2.45) is 0 Å². The van der Waals surface area contributed by atoms with Crippen molar-refractivity contribution in [3.05, 3.63) is 29.6 Å². The van der Waals surface area contributed by atoms with Gasteiger partial charge in [-0.25, -0.2) is 0 Å². The highest BCUT2D eigenvalue weighted by Gasteiger charge is 2.32. The van der Waals surface area contributed by atoms with Crippen LogP contribution >= 0.6 is 0 Å². The lowest BCUT2D eigenvalue weighted by Gasteiger charge is -2.28. The molecule has 1 aromatic rings. The van der Waals surface area contributed by atoms with E-state index in [4.69, 9.17) is 0 Å². The second kappa shape index (κ2) is 4.93. The third-order valence-electron chi connectivity index (χ3n) is 3.50. The van der Waals surface area contributed by atoms with Crippen molar-refractivity contribution in [1.82, 2.24) is 10.3 Å². The molecule has 1 aromatic heterocycles. The van der Waals surface area contributed by atoms with E-state index in [1.807, 2.05) is 19.2 Å². The smallest absolute Gasteiger partial charge is 0.0613 e. The topological polar surface area (TPSA) is 45.1 Å². The summed E-state index contributed by atoms with van der Waals surface area (Å²) in [4.78, 5) is 4.27. The number of pyridine rings is 1. The quantitative estimate of drug-likeness (QED) is 0.813. The first-order chi connectivity index (χ1) is 7.74. The zero-order chi connectivity index (χ0) is 11.4. The van der Waals surface area contributed by atoms with Gasteiger partial charge < -0.3 is 10.4 Å². The summed E-state index contributed by atoms with van der Waals surface area (Å²) in [6.45, 7) is 3.03. The SMILES string of the molecule is Cc1ccc(CNC2(CO)CCCC2)cn1. The minimum atomic E-state index is -0.0368. The monoisotopic (exact) mass is 220 g/mol. The first kappa shape index (κ1) is 11.6. The molecular formula is C13H20N2O. The van der Waals surface area contributed by atoms with Crippen LogP contribution in [-0.4, -0.2) is 22.2 Å². The second-order valence-electron chi connectivity index (χ2n) is 4.81. The lowest BCUT2D eigenvalue weighted by molar-refractivity contribution is 0.163. The molecule has 88 valence electrons. The Morgan fingerprint density at radius 3 is 2.69 bits per heavy atom. The van der Waals surface area contributed by atoms with Gasteiger partial charge in [0, 0.05) is 24.0 Å². The van der Waals surface area contributed by atoms with Crippen molar-refractivity contribution in [3.63, 3.8) is 0 Å². The molecule has 0 spiro atoms. The highest BCUT2D eigenvalue weighted by Crippen LogP contribution is 2.29. The second-order valence-corrected chi connectivity index (χ2v) is 4.81. The van der Waals surface area contributed by atoms with Crippen LogP contribution in [0.5, 0.6) is 0 Å². The minimum absolute atomic E-state index is 0.0368. The van der Waals surface area contributed by atoms with Crippen LogP contribution < -0.4 is 5.32 Å². The predicted octanol–water partition coefficient (Wildman–Crippen LogP) is 1.78. The number of aliphatic hydroxyl groups excluding tert-OH is 1. The molecule has 0 atom stereocenters. The van der Waals surface area contributed by atoms with E-state index in [2.05, 4.69) is 16.4 Å². The first-order valence-electron chi connectivity index (χ1n) is 6.02. The molecule has 1 aliphatic rings. The van der Waals surface area contributed by atoms with Crippen LogP contribution in [0.1, 0.15) is 36.9 Å². The van der Waals surface area contributed by atoms with Gasteiger partial charge in [0.25, 0.3) is 0 Å². The molecular weight excluding hydrogens is 200 g/mol. The van der Waals surface area contributed by atoms with Crippen molar-refractivity contribution >= 4 is 0 Å². The van der Waals surface area contributed by atoms with Gasteiger partial charge in [0.05, 0.1) is 6.61 Å². The van der Waals surface area contributed by atoms with E-state index >= 15 is 0 Å². The van der Waals surface area contributed by atoms with Crippen LogP contribution in [-0.2, 0) is 6.54 Å². The number of aliphatic hydroxyl groups is 1. The van der Waals surface area contributed by atoms with Crippen molar-refractivity contribution in [2.75, 3.05) is 6.61 Å². The summed E-state index contributed by atoms with van der Waals surface area (Å²) < 4.78 is 0. The van der Waals surface area contributed by atoms with Gasteiger partial charge in [-0.05, 0) is 31.4 Å². The molecule has 16 heavy (non-hydrogen) atoms. The summed E-state index contributed by atoms with van der Waals surface area (Å²) in [6.07, 6.45) is 6.52. The third kappa shape index (κ3) is 2.60. The number of hydrogen-bond acceptors (Lipinski definition) is 3. The van der Waals surface area contributed by atoms with Gasteiger partial charge in [0.1, 0.15) is 0 Å². The van der Waals surface area contributed by atoms with Crippen LogP contribution in [0.15, 0.2) is 18.3 Å². The maximum atomic E-state index is 9.46. The lowest BCUT2D eigenvalue weighted by Crippen LogP contribution is -2.45. The van der Waals surface area contributed by atoms with Crippen molar-refractivity contribution in [3.8, 4) is 0 Å². The van der Waals surface area contributed by atoms with E-state index in [0.717, 1.165) is 25.1 Å². The number of rotatable bonds is 4. The van der Waals surface area contributed by atoms with E-state index in [9.17, 15) is 5.11 Å². The van der Waals surface area contributed by atoms with Crippen molar-refractivity contribution in [2.45, 2.75) is 44.7 Å². The molecule has 1 aliphatic carbocycles. The Hall–Kier alpha value is -0.930. The summed E-state index contributed by atoms with van der Waals surface area (Å²) in [7, 11) is 0. The van der Waals surface area contributed by atoms with E-state index in [1.54, 1.807) is 0 Å². The summed E-state index contributed by atoms with van der Waals surface area (Å²) in [5.41, 5.74) is 2.19. The van der Waals surface area contributed by atoms with Gasteiger partial charge in [-0.2, -0.15) is 0 Å².